The number of hydrogen-bond acceptors (Lipinski definition) is 4. The van der Waals surface area contributed by atoms with Gasteiger partial charge in [-0.3, -0.25) is 0 Å². The first-order chi connectivity index (χ1) is 55.5. The molecule has 15 aromatic carbocycles. The Morgan fingerprint density at radius 3 is 0.913 bits per heavy atom. The zero-order valence-electron chi connectivity index (χ0n) is 70.3. The molecule has 17 rings (SSSR count). The molecule has 0 bridgehead atoms. The van der Waals surface area contributed by atoms with Crippen LogP contribution in [0, 0.1) is 83.1 Å². The van der Waals surface area contributed by atoms with Crippen LogP contribution in [0.4, 0.5) is 11.4 Å². The summed E-state index contributed by atoms with van der Waals surface area (Å²) in [5, 5.41) is 10.5. The van der Waals surface area contributed by atoms with Gasteiger partial charge in [-0.1, -0.05) is 341 Å². The molecule has 576 valence electrons. The minimum absolute atomic E-state index is 0.170. The number of benzene rings is 15. The fourth-order valence-electron chi connectivity index (χ4n) is 13.8. The third kappa shape index (κ3) is 22.5. The number of fused-ring (bicyclic) bond motifs is 3. The van der Waals surface area contributed by atoms with Crippen LogP contribution in [0.3, 0.4) is 0 Å². The van der Waals surface area contributed by atoms with Crippen molar-refractivity contribution >= 4 is 33.2 Å². The summed E-state index contributed by atoms with van der Waals surface area (Å²) >= 11 is 0. The second kappa shape index (κ2) is 39.5. The van der Waals surface area contributed by atoms with Gasteiger partial charge in [0.25, 0.3) is 0 Å². The Morgan fingerprint density at radius 2 is 0.565 bits per heavy atom. The lowest BCUT2D eigenvalue weighted by Crippen LogP contribution is -2.10. The summed E-state index contributed by atoms with van der Waals surface area (Å²) in [6, 6.07) is 126. The van der Waals surface area contributed by atoms with Crippen LogP contribution in [0.2, 0.25) is 0 Å². The Morgan fingerprint density at radius 1 is 0.261 bits per heavy atom. The number of anilines is 2. The van der Waals surface area contributed by atoms with E-state index in [9.17, 15) is 0 Å². The van der Waals surface area contributed by atoms with E-state index < -0.39 is 0 Å². The van der Waals surface area contributed by atoms with Crippen LogP contribution in [0.15, 0.2) is 362 Å². The van der Waals surface area contributed by atoms with Crippen LogP contribution in [0.5, 0.6) is 0 Å². The Hall–Kier alpha value is -13.0. The van der Waals surface area contributed by atoms with Crippen LogP contribution >= 0.6 is 0 Å². The molecule has 0 fully saturated rings. The van der Waals surface area contributed by atoms with Gasteiger partial charge in [-0.25, -0.2) is 0 Å². The summed E-state index contributed by atoms with van der Waals surface area (Å²) in [6.07, 6.45) is 0. The molecule has 0 amide bonds. The SMILES string of the molecule is CN(c1ccccc1)c1ccccc1.Cc1ccc(-c2ccc(-c3ccc(-c4ccc(C)c(C)c4)cc3C)c(C)c2)cc1C.Cc1ccc(-c2ccc(-c3ccccc3)c(C)c2)cc1C.Cc1ccc(-c2ccccc2)cc1.Cc1ccccc1.Cc1nnc(-c2ccc(C(C)(C)C)cc2)o1.Cn1c2ccccc2c2ccccc21. The first-order valence-corrected chi connectivity index (χ1v) is 39.9. The van der Waals surface area contributed by atoms with E-state index >= 15 is 0 Å². The minimum Gasteiger partial charge on any atom is -0.421 e. The maximum Gasteiger partial charge on any atom is 0.247 e. The Kier molecular flexibility index (Phi) is 28.5. The van der Waals surface area contributed by atoms with Crippen molar-refractivity contribution < 1.29 is 4.42 Å². The summed E-state index contributed by atoms with van der Waals surface area (Å²) in [6.45, 7) is 32.2. The van der Waals surface area contributed by atoms with Crippen molar-refractivity contribution in [3.63, 3.8) is 0 Å². The predicted molar refractivity (Wildman–Crippen MR) is 495 cm³/mol. The largest absolute Gasteiger partial charge is 0.421 e. The van der Waals surface area contributed by atoms with Crippen molar-refractivity contribution in [2.75, 3.05) is 11.9 Å². The molecule has 115 heavy (non-hydrogen) atoms. The van der Waals surface area contributed by atoms with E-state index in [4.69, 9.17) is 4.42 Å². The van der Waals surface area contributed by atoms with E-state index in [0.717, 1.165) is 5.56 Å². The zero-order chi connectivity index (χ0) is 81.5. The number of hydrogen-bond donors (Lipinski definition) is 0. The van der Waals surface area contributed by atoms with Gasteiger partial charge in [0.2, 0.25) is 11.8 Å². The molecule has 0 aliphatic rings. The Bertz CT molecular complexity index is 5760. The molecule has 2 aromatic heterocycles. The summed E-state index contributed by atoms with van der Waals surface area (Å²) in [4.78, 5) is 2.17. The average Bonchev–Trinajstić information content (AvgIpc) is 1.66. The molecule has 17 aromatic rings. The van der Waals surface area contributed by atoms with Gasteiger partial charge < -0.3 is 13.9 Å². The molecule has 0 atom stereocenters. The molecule has 2 heterocycles. The summed E-state index contributed by atoms with van der Waals surface area (Å²) in [7, 11) is 4.19. The highest BCUT2D eigenvalue weighted by Gasteiger charge is 2.16. The normalized spacial score (nSPS) is 10.7. The topological polar surface area (TPSA) is 47.1 Å². The smallest absolute Gasteiger partial charge is 0.247 e. The second-order valence-corrected chi connectivity index (χ2v) is 31.0. The highest BCUT2D eigenvalue weighted by atomic mass is 16.4. The number of aromatic nitrogens is 3. The van der Waals surface area contributed by atoms with Gasteiger partial charge in [0.05, 0.1) is 0 Å². The molecule has 0 N–H and O–H groups in total. The van der Waals surface area contributed by atoms with Crippen LogP contribution in [0.1, 0.15) is 93.4 Å². The Balaban J connectivity index is 0.000000137. The Labute approximate surface area is 685 Å². The van der Waals surface area contributed by atoms with Gasteiger partial charge in [0.1, 0.15) is 0 Å². The van der Waals surface area contributed by atoms with E-state index in [1.807, 2.05) is 48.5 Å². The lowest BCUT2D eigenvalue weighted by molar-refractivity contribution is 0.532. The van der Waals surface area contributed by atoms with Gasteiger partial charge in [0, 0.05) is 59.8 Å². The lowest BCUT2D eigenvalue weighted by atomic mass is 9.87. The van der Waals surface area contributed by atoms with Crippen LogP contribution in [0.25, 0.3) is 100 Å². The molecule has 5 heteroatoms. The number of aryl methyl sites for hydroxylation is 13. The quantitative estimate of drug-likeness (QED) is 0.144. The van der Waals surface area contributed by atoms with E-state index in [-0.39, 0.29) is 5.41 Å². The van der Waals surface area contributed by atoms with Crippen molar-refractivity contribution in [2.45, 2.75) is 109 Å². The molecule has 0 aliphatic heterocycles. The highest BCUT2D eigenvalue weighted by molar-refractivity contribution is 6.07. The van der Waals surface area contributed by atoms with Crippen LogP contribution in [-0.2, 0) is 12.5 Å². The monoisotopic (exact) mass is 1500 g/mol. The van der Waals surface area contributed by atoms with E-state index in [0.29, 0.717) is 11.8 Å². The van der Waals surface area contributed by atoms with Crippen molar-refractivity contribution in [3.8, 4) is 78.2 Å². The van der Waals surface area contributed by atoms with Crippen molar-refractivity contribution in [1.29, 1.82) is 0 Å². The second-order valence-electron chi connectivity index (χ2n) is 31.0. The van der Waals surface area contributed by atoms with Gasteiger partial charge in [-0.15, -0.1) is 10.2 Å². The van der Waals surface area contributed by atoms with E-state index in [1.54, 1.807) is 6.92 Å². The minimum atomic E-state index is 0.170. The maximum absolute atomic E-state index is 5.37. The van der Waals surface area contributed by atoms with Gasteiger partial charge in [0.15, 0.2) is 0 Å². The molecular formula is C110H110N4O. The predicted octanol–water partition coefficient (Wildman–Crippen LogP) is 30.3. The molecule has 5 nitrogen and oxygen atoms in total. The van der Waals surface area contributed by atoms with Crippen LogP contribution < -0.4 is 4.90 Å². The van der Waals surface area contributed by atoms with Crippen LogP contribution in [-0.4, -0.2) is 21.8 Å². The van der Waals surface area contributed by atoms with Crippen molar-refractivity contribution in [3.05, 3.63) is 431 Å². The number of rotatable bonds is 9. The lowest BCUT2D eigenvalue weighted by Gasteiger charge is -2.18. The molecule has 0 spiro atoms. The van der Waals surface area contributed by atoms with E-state index in [2.05, 4.69) is 440 Å². The van der Waals surface area contributed by atoms with Gasteiger partial charge in [-0.2, -0.15) is 0 Å². The van der Waals surface area contributed by atoms with Crippen molar-refractivity contribution in [2.24, 2.45) is 7.05 Å². The third-order valence-corrected chi connectivity index (χ3v) is 21.3. The first kappa shape index (κ1) is 83.0. The molecule has 0 unspecified atom stereocenters. The highest BCUT2D eigenvalue weighted by Crippen LogP contribution is 2.36. The summed E-state index contributed by atoms with van der Waals surface area (Å²) < 4.78 is 7.61. The number of para-hydroxylation sites is 4. The maximum atomic E-state index is 5.37. The average molecular weight is 1500 g/mol. The molecule has 0 saturated heterocycles. The summed E-state index contributed by atoms with van der Waals surface area (Å²) in [5.74, 6) is 1.17. The van der Waals surface area contributed by atoms with Crippen molar-refractivity contribution in [1.82, 2.24) is 14.8 Å². The molecule has 0 saturated carbocycles. The standard InChI is InChI=1S/C30H30.C21H20.C13H16N2O.C13H11N.C13H13N.C13H12.C7H8/c1-19-7-9-25(15-21(19)3)27-11-13-29(23(5)17-27)30-14-12-28(18-24(30)6)26-10-8-20(2)22(4)16-26;1-15-9-10-19(13-16(15)2)20-11-12-21(17(3)14-20)18-7-5-4-6-8-18;1-9-14-15-12(16-9)10-5-7-11(8-6-10)13(2,3)4;1-14-12-8-4-2-6-10(12)11-7-3-5-9-13(11)14;1-14(12-8-4-2-5-9-12)13-10-6-3-7-11-13;1-11-7-9-13(10-8-11)12-5-3-2-4-6-12;1-7-5-3-2-4-6-7/h7-18H,1-6H3;4-14H,1-3H3;5-8H,1-4H3;2-9H,1H3;2-11H,1H3;2-10H,1H3;2-6H,1H3. The van der Waals surface area contributed by atoms with Gasteiger partial charge in [-0.05, 0) is 253 Å². The molecule has 0 radical (unpaired) electrons. The fraction of sp³-hybridized carbons (Fsp3) is 0.164. The van der Waals surface area contributed by atoms with E-state index in [1.165, 1.54) is 167 Å². The number of nitrogens with zero attached hydrogens (tertiary/aromatic N) is 4. The fourth-order valence-corrected chi connectivity index (χ4v) is 13.8. The third-order valence-electron chi connectivity index (χ3n) is 21.3. The first-order valence-electron chi connectivity index (χ1n) is 39.9. The molecule has 0 aliphatic carbocycles. The summed E-state index contributed by atoms with van der Waals surface area (Å²) in [5.41, 5.74) is 37.6. The van der Waals surface area contributed by atoms with Gasteiger partial charge >= 0.3 is 0 Å². The molecular weight excluding hydrogens is 1390 g/mol. The zero-order valence-corrected chi connectivity index (χ0v) is 70.3.